The number of aryl methyl sites for hydroxylation is 1. The highest BCUT2D eigenvalue weighted by Crippen LogP contribution is 2.25. The molecule has 0 fully saturated rings. The predicted octanol–water partition coefficient (Wildman–Crippen LogP) is 2.69. The quantitative estimate of drug-likeness (QED) is 0.835. The fourth-order valence-corrected chi connectivity index (χ4v) is 1.74. The average Bonchev–Trinajstić information content (AvgIpc) is 2.15. The fourth-order valence-electron chi connectivity index (χ4n) is 1.39. The topological polar surface area (TPSA) is 50.2 Å². The van der Waals surface area contributed by atoms with E-state index >= 15 is 0 Å². The van der Waals surface area contributed by atoms with E-state index in [0.717, 1.165) is 0 Å². The molecule has 0 amide bonds. The number of halogens is 3. The van der Waals surface area contributed by atoms with Crippen LogP contribution in [0.2, 0.25) is 0 Å². The molecule has 1 aromatic rings. The average molecular weight is 250 g/mol. The summed E-state index contributed by atoms with van der Waals surface area (Å²) in [4.78, 5) is 14.1. The standard InChI is InChI=1S/C10H10ClF2NO2/c1-5-2-6(3-8(15)16)14-9(10(12)13)7(5)4-11/h2,10H,3-4H2,1H3,(H,15,16). The summed E-state index contributed by atoms with van der Waals surface area (Å²) in [6.45, 7) is 1.61. The maximum absolute atomic E-state index is 12.6. The Labute approximate surface area is 96.1 Å². The van der Waals surface area contributed by atoms with Gasteiger partial charge in [-0.15, -0.1) is 11.6 Å². The second-order valence-electron chi connectivity index (χ2n) is 3.30. The molecule has 1 heterocycles. The third kappa shape index (κ3) is 2.88. The lowest BCUT2D eigenvalue weighted by atomic mass is 10.1. The van der Waals surface area contributed by atoms with Crippen molar-refractivity contribution in [1.82, 2.24) is 4.98 Å². The molecular weight excluding hydrogens is 240 g/mol. The van der Waals surface area contributed by atoms with Gasteiger partial charge in [0.1, 0.15) is 5.69 Å². The number of rotatable bonds is 4. The Kier molecular flexibility index (Phi) is 4.18. The molecule has 0 radical (unpaired) electrons. The van der Waals surface area contributed by atoms with Crippen molar-refractivity contribution in [3.05, 3.63) is 28.6 Å². The van der Waals surface area contributed by atoms with Crippen LogP contribution in [0, 0.1) is 6.92 Å². The molecule has 3 nitrogen and oxygen atoms in total. The smallest absolute Gasteiger partial charge is 0.309 e. The van der Waals surface area contributed by atoms with Crippen LogP contribution in [0.15, 0.2) is 6.07 Å². The molecule has 0 unspecified atom stereocenters. The van der Waals surface area contributed by atoms with Crippen molar-refractivity contribution in [3.63, 3.8) is 0 Å². The lowest BCUT2D eigenvalue weighted by Gasteiger charge is -2.10. The number of carboxylic acids is 1. The zero-order valence-corrected chi connectivity index (χ0v) is 9.26. The highest BCUT2D eigenvalue weighted by molar-refractivity contribution is 6.17. The summed E-state index contributed by atoms with van der Waals surface area (Å²) in [7, 11) is 0. The van der Waals surface area contributed by atoms with E-state index in [1.165, 1.54) is 6.07 Å². The zero-order chi connectivity index (χ0) is 12.3. The molecule has 0 atom stereocenters. The second kappa shape index (κ2) is 5.21. The third-order valence-corrected chi connectivity index (χ3v) is 2.37. The Morgan fingerprint density at radius 2 is 2.25 bits per heavy atom. The van der Waals surface area contributed by atoms with Gasteiger partial charge in [-0.1, -0.05) is 0 Å². The number of aromatic nitrogens is 1. The van der Waals surface area contributed by atoms with E-state index in [1.807, 2.05) is 0 Å². The van der Waals surface area contributed by atoms with E-state index in [-0.39, 0.29) is 23.6 Å². The Hall–Kier alpha value is -1.23. The van der Waals surface area contributed by atoms with Crippen molar-refractivity contribution in [3.8, 4) is 0 Å². The second-order valence-corrected chi connectivity index (χ2v) is 3.57. The van der Waals surface area contributed by atoms with Crippen LogP contribution in [0.5, 0.6) is 0 Å². The minimum Gasteiger partial charge on any atom is -0.481 e. The largest absolute Gasteiger partial charge is 0.481 e. The van der Waals surface area contributed by atoms with Gasteiger partial charge >= 0.3 is 5.97 Å². The van der Waals surface area contributed by atoms with Crippen molar-refractivity contribution >= 4 is 17.6 Å². The molecule has 0 aliphatic heterocycles. The number of nitrogens with zero attached hydrogens (tertiary/aromatic N) is 1. The molecule has 1 N–H and O–H groups in total. The summed E-state index contributed by atoms with van der Waals surface area (Å²) in [5, 5.41) is 8.56. The maximum atomic E-state index is 12.6. The summed E-state index contributed by atoms with van der Waals surface area (Å²) in [6, 6.07) is 1.47. The van der Waals surface area contributed by atoms with Crippen LogP contribution < -0.4 is 0 Å². The van der Waals surface area contributed by atoms with Gasteiger partial charge in [-0.25, -0.2) is 8.78 Å². The number of alkyl halides is 3. The molecule has 0 spiro atoms. The van der Waals surface area contributed by atoms with Gasteiger partial charge in [0.2, 0.25) is 0 Å². The van der Waals surface area contributed by atoms with E-state index in [4.69, 9.17) is 16.7 Å². The van der Waals surface area contributed by atoms with E-state index in [2.05, 4.69) is 4.98 Å². The van der Waals surface area contributed by atoms with Crippen LogP contribution in [0.3, 0.4) is 0 Å². The third-order valence-electron chi connectivity index (χ3n) is 2.11. The number of pyridine rings is 1. The molecule has 1 rings (SSSR count). The van der Waals surface area contributed by atoms with Crippen molar-refractivity contribution < 1.29 is 18.7 Å². The molecule has 0 aliphatic carbocycles. The predicted molar refractivity (Wildman–Crippen MR) is 54.8 cm³/mol. The maximum Gasteiger partial charge on any atom is 0.309 e. The monoisotopic (exact) mass is 249 g/mol. The first-order valence-corrected chi connectivity index (χ1v) is 5.04. The summed E-state index contributed by atoms with van der Waals surface area (Å²) in [6.07, 6.45) is -3.12. The van der Waals surface area contributed by atoms with Gasteiger partial charge in [-0.2, -0.15) is 0 Å². The molecule has 6 heteroatoms. The number of hydrogen-bond acceptors (Lipinski definition) is 2. The number of aliphatic carboxylic acids is 1. The minimum atomic E-state index is -2.75. The SMILES string of the molecule is Cc1cc(CC(=O)O)nc(C(F)F)c1CCl. The summed E-state index contributed by atoms with van der Waals surface area (Å²) in [5.41, 5.74) is 0.503. The first kappa shape index (κ1) is 12.8. The van der Waals surface area contributed by atoms with E-state index < -0.39 is 18.1 Å². The Bertz CT molecular complexity index is 410. The van der Waals surface area contributed by atoms with Gasteiger partial charge < -0.3 is 5.11 Å². The molecule has 0 aliphatic rings. The van der Waals surface area contributed by atoms with Gasteiger partial charge in [0.25, 0.3) is 6.43 Å². The Morgan fingerprint density at radius 1 is 1.62 bits per heavy atom. The van der Waals surface area contributed by atoms with E-state index in [0.29, 0.717) is 5.56 Å². The number of carbonyl (C=O) groups is 1. The lowest BCUT2D eigenvalue weighted by Crippen LogP contribution is -2.08. The zero-order valence-electron chi connectivity index (χ0n) is 8.51. The van der Waals surface area contributed by atoms with E-state index in [1.54, 1.807) is 6.92 Å². The molecule has 0 bridgehead atoms. The summed E-state index contributed by atoms with van der Waals surface area (Å²) in [5.74, 6) is -1.17. The molecular formula is C10H10ClF2NO2. The first-order chi connectivity index (χ1) is 7.45. The minimum absolute atomic E-state index is 0.0636. The molecule has 16 heavy (non-hydrogen) atoms. The molecule has 0 saturated carbocycles. The van der Waals surface area contributed by atoms with Crippen molar-refractivity contribution in [1.29, 1.82) is 0 Å². The van der Waals surface area contributed by atoms with Crippen molar-refractivity contribution in [2.45, 2.75) is 25.7 Å². The van der Waals surface area contributed by atoms with Gasteiger partial charge in [-0.05, 0) is 24.1 Å². The molecule has 0 saturated heterocycles. The Morgan fingerprint density at radius 3 is 2.69 bits per heavy atom. The summed E-state index contributed by atoms with van der Waals surface area (Å²) < 4.78 is 25.3. The first-order valence-electron chi connectivity index (χ1n) is 4.51. The molecule has 1 aromatic heterocycles. The van der Waals surface area contributed by atoms with Gasteiger partial charge in [0, 0.05) is 5.88 Å². The number of carboxylic acid groups (broad SMARTS) is 1. The van der Waals surface area contributed by atoms with Gasteiger partial charge in [0.15, 0.2) is 0 Å². The highest BCUT2D eigenvalue weighted by Gasteiger charge is 2.18. The van der Waals surface area contributed by atoms with Gasteiger partial charge in [-0.3, -0.25) is 9.78 Å². The lowest BCUT2D eigenvalue weighted by molar-refractivity contribution is -0.136. The molecule has 0 aromatic carbocycles. The Balaban J connectivity index is 3.22. The van der Waals surface area contributed by atoms with Crippen molar-refractivity contribution in [2.75, 3.05) is 0 Å². The molecule has 88 valence electrons. The van der Waals surface area contributed by atoms with Crippen molar-refractivity contribution in [2.24, 2.45) is 0 Å². The fraction of sp³-hybridized carbons (Fsp3) is 0.400. The van der Waals surface area contributed by atoms with Crippen LogP contribution >= 0.6 is 11.6 Å². The van der Waals surface area contributed by atoms with Crippen LogP contribution in [0.4, 0.5) is 8.78 Å². The van der Waals surface area contributed by atoms with Crippen LogP contribution in [0.1, 0.15) is 28.9 Å². The van der Waals surface area contributed by atoms with Crippen LogP contribution in [0.25, 0.3) is 0 Å². The highest BCUT2D eigenvalue weighted by atomic mass is 35.5. The van der Waals surface area contributed by atoms with Crippen LogP contribution in [-0.4, -0.2) is 16.1 Å². The summed E-state index contributed by atoms with van der Waals surface area (Å²) >= 11 is 5.55. The number of hydrogen-bond donors (Lipinski definition) is 1. The normalized spacial score (nSPS) is 10.8. The van der Waals surface area contributed by atoms with Gasteiger partial charge in [0.05, 0.1) is 12.1 Å². The van der Waals surface area contributed by atoms with E-state index in [9.17, 15) is 13.6 Å². The van der Waals surface area contributed by atoms with Crippen LogP contribution in [-0.2, 0) is 17.1 Å².